The number of fused-ring (bicyclic) bond motifs is 1. The molecule has 1 aromatic carbocycles. The predicted octanol–water partition coefficient (Wildman–Crippen LogP) is 4.44. The number of carbonyl (C=O) groups is 2. The number of benzene rings is 1. The van der Waals surface area contributed by atoms with Gasteiger partial charge in [-0.25, -0.2) is 4.98 Å². The second-order valence-electron chi connectivity index (χ2n) is 6.70. The number of carboxylic acids is 1. The summed E-state index contributed by atoms with van der Waals surface area (Å²) in [5.41, 5.74) is 4.32. The number of hydrogen-bond acceptors (Lipinski definition) is 4. The lowest BCUT2D eigenvalue weighted by atomic mass is 9.90. The number of anilines is 1. The number of carbonyl (C=O) groups excluding carboxylic acids is 1. The molecule has 0 aliphatic heterocycles. The minimum absolute atomic E-state index is 0.0699. The zero-order valence-corrected chi connectivity index (χ0v) is 15.8. The van der Waals surface area contributed by atoms with E-state index >= 15 is 0 Å². The highest BCUT2D eigenvalue weighted by molar-refractivity contribution is 7.16. The third-order valence-corrected chi connectivity index (χ3v) is 5.61. The SMILES string of the molecule is CCCCC(=O)Nc1nc(-c2ccc3c(c2)CCCC3)c(CC(=O)O)s1. The van der Waals surface area contributed by atoms with E-state index < -0.39 is 5.97 Å². The number of aromatic nitrogens is 1. The second kappa shape index (κ2) is 8.45. The van der Waals surface area contributed by atoms with Gasteiger partial charge in [0.2, 0.25) is 5.91 Å². The number of nitrogens with one attached hydrogen (secondary N) is 1. The van der Waals surface area contributed by atoms with Crippen molar-refractivity contribution in [3.05, 3.63) is 34.2 Å². The van der Waals surface area contributed by atoms with Crippen molar-refractivity contribution in [3.63, 3.8) is 0 Å². The summed E-state index contributed by atoms with van der Waals surface area (Å²) >= 11 is 1.26. The van der Waals surface area contributed by atoms with Crippen molar-refractivity contribution >= 4 is 28.3 Å². The van der Waals surface area contributed by atoms with E-state index in [0.29, 0.717) is 22.1 Å². The molecule has 26 heavy (non-hydrogen) atoms. The third kappa shape index (κ3) is 4.49. The van der Waals surface area contributed by atoms with Gasteiger partial charge in [-0.2, -0.15) is 0 Å². The molecule has 2 aromatic rings. The van der Waals surface area contributed by atoms with E-state index in [-0.39, 0.29) is 12.3 Å². The summed E-state index contributed by atoms with van der Waals surface area (Å²) in [6, 6.07) is 6.29. The number of aryl methyl sites for hydroxylation is 2. The Labute approximate surface area is 157 Å². The lowest BCUT2D eigenvalue weighted by Crippen LogP contribution is -2.10. The summed E-state index contributed by atoms with van der Waals surface area (Å²) in [5, 5.41) is 12.5. The van der Waals surface area contributed by atoms with Gasteiger partial charge in [0.15, 0.2) is 5.13 Å². The smallest absolute Gasteiger partial charge is 0.308 e. The van der Waals surface area contributed by atoms with E-state index in [0.717, 1.165) is 31.2 Å². The normalized spacial score (nSPS) is 13.3. The van der Waals surface area contributed by atoms with Crippen LogP contribution in [0.25, 0.3) is 11.3 Å². The maximum Gasteiger partial charge on any atom is 0.308 e. The topological polar surface area (TPSA) is 79.3 Å². The van der Waals surface area contributed by atoms with Crippen LogP contribution in [0, 0.1) is 0 Å². The van der Waals surface area contributed by atoms with Crippen LogP contribution in [-0.4, -0.2) is 22.0 Å². The molecule has 2 N–H and O–H groups in total. The zero-order valence-electron chi connectivity index (χ0n) is 15.0. The quantitative estimate of drug-likeness (QED) is 0.753. The second-order valence-corrected chi connectivity index (χ2v) is 7.79. The molecular weight excluding hydrogens is 348 g/mol. The average molecular weight is 372 g/mol. The Morgan fingerprint density at radius 1 is 1.23 bits per heavy atom. The molecular formula is C20H24N2O3S. The van der Waals surface area contributed by atoms with Crippen molar-refractivity contribution in [1.82, 2.24) is 4.98 Å². The maximum absolute atomic E-state index is 12.0. The number of carboxylic acid groups (broad SMARTS) is 1. The van der Waals surface area contributed by atoms with E-state index in [2.05, 4.69) is 22.4 Å². The van der Waals surface area contributed by atoms with E-state index in [1.165, 1.54) is 35.3 Å². The monoisotopic (exact) mass is 372 g/mol. The highest BCUT2D eigenvalue weighted by Crippen LogP contribution is 2.34. The summed E-state index contributed by atoms with van der Waals surface area (Å²) in [7, 11) is 0. The van der Waals surface area contributed by atoms with Crippen molar-refractivity contribution in [2.24, 2.45) is 0 Å². The molecule has 0 spiro atoms. The first-order valence-corrected chi connectivity index (χ1v) is 10.0. The van der Waals surface area contributed by atoms with Crippen LogP contribution in [0.2, 0.25) is 0 Å². The molecule has 0 saturated heterocycles. The van der Waals surface area contributed by atoms with Crippen LogP contribution in [0.15, 0.2) is 18.2 Å². The molecule has 0 radical (unpaired) electrons. The lowest BCUT2D eigenvalue weighted by Gasteiger charge is -2.16. The summed E-state index contributed by atoms with van der Waals surface area (Å²) in [4.78, 5) is 28.5. The summed E-state index contributed by atoms with van der Waals surface area (Å²) in [6.45, 7) is 2.04. The molecule has 0 atom stereocenters. The van der Waals surface area contributed by atoms with Crippen LogP contribution < -0.4 is 5.32 Å². The minimum Gasteiger partial charge on any atom is -0.481 e. The Kier molecular flexibility index (Phi) is 6.04. The van der Waals surface area contributed by atoms with Crippen LogP contribution in [0.4, 0.5) is 5.13 Å². The first kappa shape index (κ1) is 18.6. The molecule has 1 aromatic heterocycles. The summed E-state index contributed by atoms with van der Waals surface area (Å²) in [6.07, 6.45) is 6.73. The predicted molar refractivity (Wildman–Crippen MR) is 104 cm³/mol. The van der Waals surface area contributed by atoms with E-state index in [1.54, 1.807) is 0 Å². The molecule has 138 valence electrons. The van der Waals surface area contributed by atoms with E-state index in [1.807, 2.05) is 13.0 Å². The van der Waals surface area contributed by atoms with Gasteiger partial charge in [-0.1, -0.05) is 25.5 Å². The number of unbranched alkanes of at least 4 members (excludes halogenated alkanes) is 1. The molecule has 0 bridgehead atoms. The van der Waals surface area contributed by atoms with Crippen LogP contribution in [-0.2, 0) is 28.9 Å². The molecule has 0 fully saturated rings. The molecule has 0 unspecified atom stereocenters. The zero-order chi connectivity index (χ0) is 18.5. The van der Waals surface area contributed by atoms with E-state index in [4.69, 9.17) is 0 Å². The first-order chi connectivity index (χ1) is 12.6. The Morgan fingerprint density at radius 3 is 2.73 bits per heavy atom. The molecule has 0 saturated carbocycles. The van der Waals surface area contributed by atoms with Crippen LogP contribution in [0.5, 0.6) is 0 Å². The highest BCUT2D eigenvalue weighted by atomic mass is 32.1. The summed E-state index contributed by atoms with van der Waals surface area (Å²) in [5.74, 6) is -0.962. The number of nitrogens with zero attached hydrogens (tertiary/aromatic N) is 1. The van der Waals surface area contributed by atoms with Gasteiger partial charge in [-0.15, -0.1) is 11.3 Å². The van der Waals surface area contributed by atoms with Crippen molar-refractivity contribution in [2.45, 2.75) is 58.3 Å². The van der Waals surface area contributed by atoms with Gasteiger partial charge in [-0.3, -0.25) is 9.59 Å². The third-order valence-electron chi connectivity index (χ3n) is 4.63. The average Bonchev–Trinajstić information content (AvgIpc) is 3.00. The van der Waals surface area contributed by atoms with Crippen molar-refractivity contribution < 1.29 is 14.7 Å². The Balaban J connectivity index is 1.89. The Morgan fingerprint density at radius 2 is 2.00 bits per heavy atom. The van der Waals surface area contributed by atoms with Gasteiger partial charge in [0, 0.05) is 16.9 Å². The van der Waals surface area contributed by atoms with Crippen molar-refractivity contribution in [1.29, 1.82) is 0 Å². The molecule has 6 heteroatoms. The van der Waals surface area contributed by atoms with Gasteiger partial charge < -0.3 is 10.4 Å². The molecule has 1 aliphatic rings. The van der Waals surface area contributed by atoms with E-state index in [9.17, 15) is 14.7 Å². The van der Waals surface area contributed by atoms with Gasteiger partial charge in [0.25, 0.3) is 0 Å². The minimum atomic E-state index is -0.892. The number of aliphatic carboxylic acids is 1. The fourth-order valence-corrected chi connectivity index (χ4v) is 4.28. The van der Waals surface area contributed by atoms with Crippen LogP contribution in [0.1, 0.15) is 55.0 Å². The fourth-order valence-electron chi connectivity index (χ4n) is 3.29. The van der Waals surface area contributed by atoms with Gasteiger partial charge in [0.05, 0.1) is 12.1 Å². The maximum atomic E-state index is 12.0. The number of thiazole rings is 1. The molecule has 1 amide bonds. The largest absolute Gasteiger partial charge is 0.481 e. The molecule has 1 aliphatic carbocycles. The fraction of sp³-hybridized carbons (Fsp3) is 0.450. The first-order valence-electron chi connectivity index (χ1n) is 9.20. The number of rotatable bonds is 7. The van der Waals surface area contributed by atoms with Gasteiger partial charge in [0.1, 0.15) is 0 Å². The molecule has 5 nitrogen and oxygen atoms in total. The number of amides is 1. The standard InChI is InChI=1S/C20H24N2O3S/c1-2-3-8-17(23)21-20-22-19(16(26-20)12-18(24)25)15-10-9-13-6-4-5-7-14(13)11-15/h9-11H,2-8,12H2,1H3,(H,24,25)(H,21,22,23). The van der Waals surface area contributed by atoms with Crippen molar-refractivity contribution in [2.75, 3.05) is 5.32 Å². The lowest BCUT2D eigenvalue weighted by molar-refractivity contribution is -0.136. The molecule has 3 rings (SSSR count). The molecule has 1 heterocycles. The Bertz CT molecular complexity index is 813. The highest BCUT2D eigenvalue weighted by Gasteiger charge is 2.19. The Hall–Kier alpha value is -2.21. The van der Waals surface area contributed by atoms with Gasteiger partial charge in [-0.05, 0) is 49.3 Å². The van der Waals surface area contributed by atoms with Crippen LogP contribution in [0.3, 0.4) is 0 Å². The summed E-state index contributed by atoms with van der Waals surface area (Å²) < 4.78 is 0. The van der Waals surface area contributed by atoms with Crippen LogP contribution >= 0.6 is 11.3 Å². The van der Waals surface area contributed by atoms with Crippen molar-refractivity contribution in [3.8, 4) is 11.3 Å². The van der Waals surface area contributed by atoms with Gasteiger partial charge >= 0.3 is 5.97 Å². The number of hydrogen-bond donors (Lipinski definition) is 2.